The Hall–Kier alpha value is -1.51. The van der Waals surface area contributed by atoms with Gasteiger partial charge in [-0.2, -0.15) is 0 Å². The molecule has 0 unspecified atom stereocenters. The minimum Gasteiger partial charge on any atom is -0.496 e. The van der Waals surface area contributed by atoms with Gasteiger partial charge in [0, 0.05) is 5.56 Å². The maximum absolute atomic E-state index is 11.7. The van der Waals surface area contributed by atoms with Crippen LogP contribution in [-0.4, -0.2) is 20.2 Å². The van der Waals surface area contributed by atoms with E-state index in [0.29, 0.717) is 5.56 Å². The Morgan fingerprint density at radius 1 is 1.24 bits per heavy atom. The highest BCUT2D eigenvalue weighted by Crippen LogP contribution is 2.25. The van der Waals surface area contributed by atoms with Crippen LogP contribution in [0.4, 0.5) is 0 Å². The molecule has 0 aliphatic rings. The zero-order valence-electron chi connectivity index (χ0n) is 10.8. The van der Waals surface area contributed by atoms with Crippen molar-refractivity contribution in [2.75, 3.05) is 14.2 Å². The predicted octanol–water partition coefficient (Wildman–Crippen LogP) is 3.21. The fourth-order valence-corrected chi connectivity index (χ4v) is 1.87. The van der Waals surface area contributed by atoms with Crippen molar-refractivity contribution in [2.45, 2.75) is 32.6 Å². The van der Waals surface area contributed by atoms with E-state index in [1.165, 1.54) is 7.11 Å². The van der Waals surface area contributed by atoms with Gasteiger partial charge in [-0.1, -0.05) is 25.8 Å². The van der Waals surface area contributed by atoms with Gasteiger partial charge in [0.05, 0.1) is 19.8 Å². The summed E-state index contributed by atoms with van der Waals surface area (Å²) in [7, 11) is 3.03. The van der Waals surface area contributed by atoms with Crippen LogP contribution in [0, 0.1) is 0 Å². The van der Waals surface area contributed by atoms with Gasteiger partial charge in [0.25, 0.3) is 0 Å². The number of methoxy groups -OCH3 is 2. The van der Waals surface area contributed by atoms with Gasteiger partial charge in [-0.25, -0.2) is 4.79 Å². The number of ether oxygens (including phenoxy) is 2. The molecule has 0 atom stereocenters. The first-order valence-corrected chi connectivity index (χ1v) is 5.98. The molecule has 0 aliphatic heterocycles. The molecule has 0 aliphatic carbocycles. The van der Waals surface area contributed by atoms with Crippen molar-refractivity contribution in [1.82, 2.24) is 0 Å². The molecule has 0 saturated heterocycles. The molecule has 1 aromatic rings. The number of carbonyl (C=O) groups is 1. The van der Waals surface area contributed by atoms with Gasteiger partial charge >= 0.3 is 5.97 Å². The number of benzene rings is 1. The van der Waals surface area contributed by atoms with E-state index in [1.807, 2.05) is 12.1 Å². The molecule has 94 valence electrons. The second kappa shape index (κ2) is 6.94. The SMILES string of the molecule is CCCCCc1c(OC)cccc1C(=O)OC. The Bertz CT molecular complexity index is 372. The van der Waals surface area contributed by atoms with Crippen LogP contribution in [0.3, 0.4) is 0 Å². The van der Waals surface area contributed by atoms with Crippen LogP contribution in [0.2, 0.25) is 0 Å². The maximum Gasteiger partial charge on any atom is 0.338 e. The molecule has 1 rings (SSSR count). The van der Waals surface area contributed by atoms with Crippen LogP contribution < -0.4 is 4.74 Å². The van der Waals surface area contributed by atoms with Crippen molar-refractivity contribution in [3.05, 3.63) is 29.3 Å². The lowest BCUT2D eigenvalue weighted by molar-refractivity contribution is 0.0599. The van der Waals surface area contributed by atoms with E-state index in [1.54, 1.807) is 13.2 Å². The summed E-state index contributed by atoms with van der Waals surface area (Å²) in [5.74, 6) is 0.472. The van der Waals surface area contributed by atoms with E-state index in [-0.39, 0.29) is 5.97 Å². The van der Waals surface area contributed by atoms with Gasteiger partial charge in [-0.15, -0.1) is 0 Å². The lowest BCUT2D eigenvalue weighted by Gasteiger charge is -2.12. The fraction of sp³-hybridized carbons (Fsp3) is 0.500. The predicted molar refractivity (Wildman–Crippen MR) is 67.6 cm³/mol. The molecule has 3 heteroatoms. The first-order chi connectivity index (χ1) is 8.24. The van der Waals surface area contributed by atoms with Crippen LogP contribution in [0.25, 0.3) is 0 Å². The van der Waals surface area contributed by atoms with Crippen molar-refractivity contribution in [2.24, 2.45) is 0 Å². The van der Waals surface area contributed by atoms with Crippen LogP contribution >= 0.6 is 0 Å². The van der Waals surface area contributed by atoms with E-state index in [0.717, 1.165) is 37.0 Å². The number of hydrogen-bond donors (Lipinski definition) is 0. The van der Waals surface area contributed by atoms with Gasteiger partial charge in [-0.3, -0.25) is 0 Å². The smallest absolute Gasteiger partial charge is 0.338 e. The topological polar surface area (TPSA) is 35.5 Å². The average molecular weight is 236 g/mol. The van der Waals surface area contributed by atoms with Crippen LogP contribution in [0.15, 0.2) is 18.2 Å². The third kappa shape index (κ3) is 3.48. The van der Waals surface area contributed by atoms with E-state index in [4.69, 9.17) is 9.47 Å². The van der Waals surface area contributed by atoms with Crippen molar-refractivity contribution in [3.63, 3.8) is 0 Å². The molecule has 0 bridgehead atoms. The molecule has 17 heavy (non-hydrogen) atoms. The molecule has 0 spiro atoms. The highest BCUT2D eigenvalue weighted by molar-refractivity contribution is 5.91. The summed E-state index contributed by atoms with van der Waals surface area (Å²) in [5.41, 5.74) is 1.57. The normalized spacial score (nSPS) is 10.1. The second-order valence-electron chi connectivity index (χ2n) is 3.94. The fourth-order valence-electron chi connectivity index (χ4n) is 1.87. The molecule has 0 N–H and O–H groups in total. The molecule has 0 saturated carbocycles. The minimum atomic E-state index is -0.296. The summed E-state index contributed by atoms with van der Waals surface area (Å²) in [6, 6.07) is 5.48. The van der Waals surface area contributed by atoms with Crippen molar-refractivity contribution in [3.8, 4) is 5.75 Å². The van der Waals surface area contributed by atoms with Crippen molar-refractivity contribution >= 4 is 5.97 Å². The Morgan fingerprint density at radius 2 is 2.00 bits per heavy atom. The summed E-state index contributed by atoms with van der Waals surface area (Å²) in [5, 5.41) is 0. The zero-order valence-corrected chi connectivity index (χ0v) is 10.8. The molecule has 0 aromatic heterocycles. The summed E-state index contributed by atoms with van der Waals surface area (Å²) in [6.45, 7) is 2.16. The van der Waals surface area contributed by atoms with E-state index >= 15 is 0 Å². The number of carbonyl (C=O) groups excluding carboxylic acids is 1. The third-order valence-corrected chi connectivity index (χ3v) is 2.79. The van der Waals surface area contributed by atoms with Crippen LogP contribution in [0.5, 0.6) is 5.75 Å². The first kappa shape index (κ1) is 13.6. The summed E-state index contributed by atoms with van der Waals surface area (Å²) in [4.78, 5) is 11.7. The van der Waals surface area contributed by atoms with Gasteiger partial charge < -0.3 is 9.47 Å². The monoisotopic (exact) mass is 236 g/mol. The Labute approximate surface area is 103 Å². The number of rotatable bonds is 6. The van der Waals surface area contributed by atoms with Gasteiger partial charge in [0.15, 0.2) is 0 Å². The Morgan fingerprint density at radius 3 is 2.59 bits per heavy atom. The quantitative estimate of drug-likeness (QED) is 0.562. The highest BCUT2D eigenvalue weighted by atomic mass is 16.5. The lowest BCUT2D eigenvalue weighted by atomic mass is 10.00. The first-order valence-electron chi connectivity index (χ1n) is 5.98. The number of hydrogen-bond acceptors (Lipinski definition) is 3. The highest BCUT2D eigenvalue weighted by Gasteiger charge is 2.15. The van der Waals surface area contributed by atoms with E-state index in [2.05, 4.69) is 6.92 Å². The number of unbranched alkanes of at least 4 members (excludes halogenated alkanes) is 2. The second-order valence-corrected chi connectivity index (χ2v) is 3.94. The molecule has 0 radical (unpaired) electrons. The summed E-state index contributed by atoms with van der Waals surface area (Å²) < 4.78 is 10.1. The van der Waals surface area contributed by atoms with E-state index < -0.39 is 0 Å². The minimum absolute atomic E-state index is 0.296. The lowest BCUT2D eigenvalue weighted by Crippen LogP contribution is -2.07. The molecule has 0 amide bonds. The standard InChI is InChI=1S/C14H20O3/c1-4-5-6-8-11-12(14(15)17-3)9-7-10-13(11)16-2/h7,9-10H,4-6,8H2,1-3H3. The van der Waals surface area contributed by atoms with Crippen molar-refractivity contribution in [1.29, 1.82) is 0 Å². The zero-order chi connectivity index (χ0) is 12.7. The largest absolute Gasteiger partial charge is 0.496 e. The van der Waals surface area contributed by atoms with E-state index in [9.17, 15) is 4.79 Å². The molecule has 1 aromatic carbocycles. The summed E-state index contributed by atoms with van der Waals surface area (Å²) >= 11 is 0. The molecule has 0 heterocycles. The average Bonchev–Trinajstić information content (AvgIpc) is 2.38. The van der Waals surface area contributed by atoms with Crippen LogP contribution in [0.1, 0.15) is 42.1 Å². The van der Waals surface area contributed by atoms with Gasteiger partial charge in [0.1, 0.15) is 5.75 Å². The van der Waals surface area contributed by atoms with Crippen molar-refractivity contribution < 1.29 is 14.3 Å². The Balaban J connectivity index is 2.98. The third-order valence-electron chi connectivity index (χ3n) is 2.79. The Kier molecular flexibility index (Phi) is 5.53. The number of esters is 1. The van der Waals surface area contributed by atoms with Gasteiger partial charge in [-0.05, 0) is 25.0 Å². The van der Waals surface area contributed by atoms with Gasteiger partial charge in [0.2, 0.25) is 0 Å². The molecule has 3 nitrogen and oxygen atoms in total. The maximum atomic E-state index is 11.7. The molecule has 0 fully saturated rings. The van der Waals surface area contributed by atoms with Crippen LogP contribution in [-0.2, 0) is 11.2 Å². The summed E-state index contributed by atoms with van der Waals surface area (Å²) in [6.07, 6.45) is 4.21. The molecular weight excluding hydrogens is 216 g/mol. The molecular formula is C14H20O3.